The predicted molar refractivity (Wildman–Crippen MR) is 96.5 cm³/mol. The van der Waals surface area contributed by atoms with Crippen LogP contribution in [0.3, 0.4) is 0 Å². The van der Waals surface area contributed by atoms with Crippen LogP contribution in [-0.2, 0) is 12.7 Å². The maximum Gasteiger partial charge on any atom is 0.416 e. The molecule has 1 aliphatic heterocycles. The number of hydrogen-bond acceptors (Lipinski definition) is 1. The van der Waals surface area contributed by atoms with Gasteiger partial charge in [-0.25, -0.2) is 0 Å². The fourth-order valence-electron chi connectivity index (χ4n) is 2.67. The van der Waals surface area contributed by atoms with Crippen molar-refractivity contribution in [3.8, 4) is 0 Å². The fourth-order valence-corrected chi connectivity index (χ4v) is 2.67. The summed E-state index contributed by atoms with van der Waals surface area (Å²) in [5.74, 6) is 4.05. The van der Waals surface area contributed by atoms with Crippen LogP contribution >= 0.6 is 0 Å². The number of hydrogen-bond donors (Lipinski definition) is 0. The highest BCUT2D eigenvalue weighted by atomic mass is 19.4. The average Bonchev–Trinajstić information content (AvgIpc) is 2.61. The second kappa shape index (κ2) is 7.47. The number of nitrogens with zero attached hydrogens (tertiary/aromatic N) is 1. The second-order valence-electron chi connectivity index (χ2n) is 5.85. The Bertz CT molecular complexity index is 777. The Morgan fingerprint density at radius 1 is 0.920 bits per heavy atom. The second-order valence-corrected chi connectivity index (χ2v) is 5.85. The lowest BCUT2D eigenvalue weighted by Gasteiger charge is -2.26. The lowest BCUT2D eigenvalue weighted by molar-refractivity contribution is -0.137. The quantitative estimate of drug-likeness (QED) is 0.677. The van der Waals surface area contributed by atoms with E-state index in [0.717, 1.165) is 24.2 Å². The minimum atomic E-state index is -4.30. The van der Waals surface area contributed by atoms with Gasteiger partial charge in [-0.15, -0.1) is 0 Å². The fraction of sp³-hybridized carbons (Fsp3) is 0.100. The topological polar surface area (TPSA) is 3.24 Å². The van der Waals surface area contributed by atoms with Crippen LogP contribution in [0.15, 0.2) is 84.9 Å². The Morgan fingerprint density at radius 2 is 1.64 bits per heavy atom. The molecule has 0 amide bonds. The van der Waals surface area contributed by atoms with Crippen molar-refractivity contribution in [2.45, 2.75) is 12.7 Å². The molecule has 126 valence electrons. The molecule has 0 aliphatic carbocycles. The highest BCUT2D eigenvalue weighted by Crippen LogP contribution is 2.29. The van der Waals surface area contributed by atoms with Crippen LogP contribution in [0.4, 0.5) is 13.2 Å². The van der Waals surface area contributed by atoms with Gasteiger partial charge in [0.25, 0.3) is 0 Å². The Morgan fingerprint density at radius 3 is 2.32 bits per heavy atom. The van der Waals surface area contributed by atoms with Crippen molar-refractivity contribution in [3.63, 3.8) is 0 Å². The van der Waals surface area contributed by atoms with Crippen molar-refractivity contribution in [1.29, 1.82) is 0 Å². The third-order valence-electron chi connectivity index (χ3n) is 4.01. The largest absolute Gasteiger partial charge is 0.416 e. The summed E-state index contributed by atoms with van der Waals surface area (Å²) in [6.45, 7) is 0.830. The third-order valence-corrected chi connectivity index (χ3v) is 4.01. The van der Waals surface area contributed by atoms with E-state index in [-0.39, 0.29) is 6.85 Å². The van der Waals surface area contributed by atoms with Crippen LogP contribution in [0.5, 0.6) is 0 Å². The molecule has 0 spiro atoms. The molecule has 0 saturated carbocycles. The molecule has 0 N–H and O–H groups in total. The summed E-state index contributed by atoms with van der Waals surface area (Å²) in [6.07, 6.45) is 3.53. The van der Waals surface area contributed by atoms with Crippen LogP contribution in [0.2, 0.25) is 0 Å². The van der Waals surface area contributed by atoms with Gasteiger partial charge in [0, 0.05) is 6.54 Å². The zero-order valence-electron chi connectivity index (χ0n) is 13.5. The Hall–Kier alpha value is -2.69. The maximum atomic E-state index is 12.6. The van der Waals surface area contributed by atoms with Crippen LogP contribution in [-0.4, -0.2) is 11.7 Å². The van der Waals surface area contributed by atoms with Crippen LogP contribution < -0.4 is 0 Å². The van der Waals surface area contributed by atoms with Crippen molar-refractivity contribution in [3.05, 3.63) is 102 Å². The summed E-state index contributed by atoms with van der Waals surface area (Å²) >= 11 is 0. The molecule has 0 atom stereocenters. The van der Waals surface area contributed by atoms with Gasteiger partial charge in [0.2, 0.25) is 0 Å². The lowest BCUT2D eigenvalue weighted by Crippen LogP contribution is -2.33. The van der Waals surface area contributed by atoms with E-state index in [0.29, 0.717) is 0 Å². The molecule has 0 unspecified atom stereocenters. The van der Waals surface area contributed by atoms with E-state index in [1.807, 2.05) is 48.6 Å². The SMILES string of the molecule is FC(F)(F)c1ccc(/C=C/B2C=CC=CN2Cc2ccccc2)cc1. The molecular formula is C20H17BF3N. The molecular weight excluding hydrogens is 322 g/mol. The third kappa shape index (κ3) is 4.66. The van der Waals surface area contributed by atoms with Crippen LogP contribution in [0.25, 0.3) is 6.08 Å². The van der Waals surface area contributed by atoms with Crippen molar-refractivity contribution >= 4 is 12.9 Å². The van der Waals surface area contributed by atoms with Gasteiger partial charge in [0.1, 0.15) is 0 Å². The van der Waals surface area contributed by atoms with Gasteiger partial charge < -0.3 is 4.81 Å². The van der Waals surface area contributed by atoms with E-state index in [9.17, 15) is 13.2 Å². The Kier molecular flexibility index (Phi) is 5.12. The van der Waals surface area contributed by atoms with Gasteiger partial charge >= 0.3 is 13.0 Å². The lowest BCUT2D eigenvalue weighted by atomic mass is 9.59. The standard InChI is InChI=1S/C20H17BF3N/c22-20(23,24)19-10-8-17(9-11-19)12-14-21-13-4-5-15-25(21)16-18-6-2-1-3-7-18/h1-15H,16H2/b14-12+. The monoisotopic (exact) mass is 339 g/mol. The first-order valence-electron chi connectivity index (χ1n) is 8.02. The Balaban J connectivity index is 1.70. The van der Waals surface area contributed by atoms with Crippen molar-refractivity contribution in [2.75, 3.05) is 0 Å². The van der Waals surface area contributed by atoms with Gasteiger partial charge in [0.15, 0.2) is 0 Å². The summed E-state index contributed by atoms with van der Waals surface area (Å²) in [4.78, 5) is 2.18. The van der Waals surface area contributed by atoms with Gasteiger partial charge in [-0.05, 0) is 35.5 Å². The molecule has 1 heterocycles. The molecule has 1 aliphatic rings. The average molecular weight is 339 g/mol. The number of allylic oxidation sites excluding steroid dienone is 2. The highest BCUT2D eigenvalue weighted by molar-refractivity contribution is 6.67. The zero-order valence-corrected chi connectivity index (χ0v) is 13.5. The molecule has 1 nitrogen and oxygen atoms in total. The molecule has 0 radical (unpaired) electrons. The normalized spacial score (nSPS) is 14.5. The number of alkyl halides is 3. The summed E-state index contributed by atoms with van der Waals surface area (Å²) in [7, 11) is 0. The van der Waals surface area contributed by atoms with Crippen LogP contribution in [0, 0.1) is 0 Å². The van der Waals surface area contributed by atoms with Crippen molar-refractivity contribution in [2.24, 2.45) is 0 Å². The van der Waals surface area contributed by atoms with E-state index in [2.05, 4.69) is 22.9 Å². The van der Waals surface area contributed by atoms with Gasteiger partial charge in [-0.3, -0.25) is 0 Å². The van der Waals surface area contributed by atoms with E-state index in [4.69, 9.17) is 0 Å². The van der Waals surface area contributed by atoms with Crippen molar-refractivity contribution < 1.29 is 13.2 Å². The van der Waals surface area contributed by atoms with Gasteiger partial charge in [-0.1, -0.05) is 66.6 Å². The zero-order chi connectivity index (χ0) is 17.7. The molecule has 2 aromatic carbocycles. The number of halogens is 3. The van der Waals surface area contributed by atoms with Crippen LogP contribution in [0.1, 0.15) is 16.7 Å². The summed E-state index contributed by atoms with van der Waals surface area (Å²) in [6, 6.07) is 15.3. The van der Waals surface area contributed by atoms with E-state index in [1.165, 1.54) is 17.7 Å². The molecule has 25 heavy (non-hydrogen) atoms. The maximum absolute atomic E-state index is 12.6. The summed E-state index contributed by atoms with van der Waals surface area (Å²) in [5.41, 5.74) is 1.32. The molecule has 5 heteroatoms. The van der Waals surface area contributed by atoms with Gasteiger partial charge in [-0.2, -0.15) is 13.2 Å². The van der Waals surface area contributed by atoms with E-state index >= 15 is 0 Å². The number of rotatable bonds is 4. The minimum absolute atomic E-state index is 0.0625. The molecule has 0 saturated heterocycles. The highest BCUT2D eigenvalue weighted by Gasteiger charge is 2.29. The molecule has 0 bridgehead atoms. The minimum Gasteiger partial charge on any atom is -0.410 e. The van der Waals surface area contributed by atoms with Gasteiger partial charge in [0.05, 0.1) is 5.56 Å². The number of benzene rings is 2. The van der Waals surface area contributed by atoms with E-state index < -0.39 is 11.7 Å². The van der Waals surface area contributed by atoms with Crippen molar-refractivity contribution in [1.82, 2.24) is 4.81 Å². The molecule has 3 rings (SSSR count). The first kappa shape index (κ1) is 17.1. The molecule has 0 fully saturated rings. The molecule has 2 aromatic rings. The summed E-state index contributed by atoms with van der Waals surface area (Å²) in [5, 5.41) is 0. The first-order chi connectivity index (χ1) is 12.0. The Labute approximate surface area is 145 Å². The first-order valence-corrected chi connectivity index (χ1v) is 8.02. The smallest absolute Gasteiger partial charge is 0.410 e. The van der Waals surface area contributed by atoms with E-state index in [1.54, 1.807) is 0 Å². The summed E-state index contributed by atoms with van der Waals surface area (Å²) < 4.78 is 37.8. The predicted octanol–water partition coefficient (Wildman–Crippen LogP) is 5.37. The molecule has 0 aromatic heterocycles.